The van der Waals surface area contributed by atoms with E-state index >= 15 is 0 Å². The van der Waals surface area contributed by atoms with Gasteiger partial charge in [0, 0.05) is 128 Å². The molecule has 7 N–H and O–H groups in total. The first-order chi connectivity index (χ1) is 63.8. The van der Waals surface area contributed by atoms with E-state index in [4.69, 9.17) is 129 Å². The average molecular weight is 1950 g/mol. The topological polar surface area (TPSA) is 190 Å². The maximum atomic E-state index is 11.2. The minimum atomic E-state index is -1.52. The predicted octanol–water partition coefficient (Wildman–Crippen LogP) is 31.8. The van der Waals surface area contributed by atoms with Crippen molar-refractivity contribution in [2.24, 2.45) is 0 Å². The minimum absolute atomic E-state index is 0. The predicted molar refractivity (Wildman–Crippen MR) is 565 cm³/mol. The third-order valence-corrected chi connectivity index (χ3v) is 26.7. The number of anilines is 2. The second-order valence-corrected chi connectivity index (χ2v) is 34.5. The van der Waals surface area contributed by atoms with Gasteiger partial charge in [0.25, 0.3) is 0 Å². The fourth-order valence-electron chi connectivity index (χ4n) is 16.7. The third kappa shape index (κ3) is 17.7. The van der Waals surface area contributed by atoms with Gasteiger partial charge in [0.05, 0.1) is 70.6 Å². The number of halogens is 9. The SMILES string of the molecule is C.Clc1cccc(-c2nc3ccccc3[nH]2)c1-c1ccc2ccccc2c1Cl.Clc1cccc2c1c1ccc3ccccc3c1n1c3ccccc3nc21.Clc1cccc2c1c1ccc3ccccc3c1n1c3ccccc3nc21.Nc1ccccc1N.O=Cc1cccc(Cl)c1-c1ccc2ccccc2c1Cl.O=Cc1cccc(Cl)c1Br.OB(O)c1ccc2ccccc2c1Cl. The molecule has 0 amide bonds. The van der Waals surface area contributed by atoms with Crippen molar-refractivity contribution in [2.75, 3.05) is 11.5 Å². The van der Waals surface area contributed by atoms with Gasteiger partial charge in [0.15, 0.2) is 12.6 Å². The quantitative estimate of drug-likeness (QED) is 0.0467. The third-order valence-electron chi connectivity index (χ3n) is 22.8. The summed E-state index contributed by atoms with van der Waals surface area (Å²) in [5.41, 5.74) is 28.1. The molecule has 0 aliphatic carbocycles. The van der Waals surface area contributed by atoms with Gasteiger partial charge < -0.3 is 26.5 Å². The molecular weight excluding hydrogens is 1870 g/mol. The standard InChI is InChI=1S/C23H14Cl2N2.2C23H13ClN2.C17H10Cl2O.C10H8BClO2.C7H4BrClO.C6H8N2.CH4/c24-18-9-5-8-17(23-26-19-10-3-4-11-20(19)27-23)21(18)16-13-12-14-6-1-2-7-15(14)22(16)25;2*24-18-9-5-8-17-21(18)16-13-12-14-6-1-2-7-15(14)22(16)26-20-11-4-3-10-19(20)25-23(17)26;18-15-7-3-5-12(10-20)16(15)14-9-8-11-4-1-2-6-13(11)17(14)19;12-10-8-4-2-1-3-7(8)5-6-9(10)11(13)14;8-7-5(4-10)2-1-3-6(7)9;7-5-3-1-2-4-6(5)8;/h1-13H,(H,26,27);2*1-13H;1-10H;1-6,13-14H;1-4H;1-4H,7-8H2;1H4. The number of para-hydroxylation sites is 8. The number of nitrogens with one attached hydrogen (secondary N) is 1. The van der Waals surface area contributed by atoms with Crippen LogP contribution in [-0.2, 0) is 0 Å². The first-order valence-corrected chi connectivity index (χ1v) is 45.1. The van der Waals surface area contributed by atoms with Crippen molar-refractivity contribution in [1.29, 1.82) is 0 Å². The highest BCUT2D eigenvalue weighted by Gasteiger charge is 2.24. The lowest BCUT2D eigenvalue weighted by Gasteiger charge is -2.13. The number of fused-ring (bicyclic) bond motifs is 24. The van der Waals surface area contributed by atoms with Crippen LogP contribution in [0.2, 0.25) is 40.2 Å². The van der Waals surface area contributed by atoms with E-state index in [-0.39, 0.29) is 7.43 Å². The van der Waals surface area contributed by atoms with Crippen molar-refractivity contribution in [1.82, 2.24) is 28.7 Å². The summed E-state index contributed by atoms with van der Waals surface area (Å²) in [6, 6.07) is 121. The van der Waals surface area contributed by atoms with E-state index in [2.05, 4.69) is 163 Å². The fourth-order valence-corrected chi connectivity index (χ4v) is 19.3. The molecule has 24 aromatic rings. The van der Waals surface area contributed by atoms with E-state index in [1.54, 1.807) is 54.6 Å². The van der Waals surface area contributed by atoms with Crippen LogP contribution in [-0.4, -0.2) is 58.5 Å². The zero-order chi connectivity index (χ0) is 90.7. The van der Waals surface area contributed by atoms with Gasteiger partial charge in [0.2, 0.25) is 0 Å². The lowest BCUT2D eigenvalue weighted by atomic mass is 9.79. The highest BCUT2D eigenvalue weighted by molar-refractivity contribution is 9.10. The summed E-state index contributed by atoms with van der Waals surface area (Å²) in [5.74, 6) is 0.776. The molecule has 644 valence electrons. The molecule has 19 aromatic carbocycles. The van der Waals surface area contributed by atoms with Crippen LogP contribution >= 0.6 is 109 Å². The molecule has 0 radical (unpaired) electrons. The first kappa shape index (κ1) is 90.5. The highest BCUT2D eigenvalue weighted by atomic mass is 79.9. The normalized spacial score (nSPS) is 11.1. The Balaban J connectivity index is 0.000000111. The van der Waals surface area contributed by atoms with Crippen LogP contribution in [0.3, 0.4) is 0 Å². The van der Waals surface area contributed by atoms with Crippen LogP contribution in [0, 0.1) is 0 Å². The molecule has 0 spiro atoms. The van der Waals surface area contributed by atoms with Crippen molar-refractivity contribution in [2.45, 2.75) is 7.43 Å². The zero-order valence-electron chi connectivity index (χ0n) is 69.0. The molecule has 22 heteroatoms. The van der Waals surface area contributed by atoms with Crippen molar-refractivity contribution >= 4 is 287 Å². The number of benzene rings is 19. The van der Waals surface area contributed by atoms with E-state index in [1.807, 2.05) is 182 Å². The van der Waals surface area contributed by atoms with Crippen molar-refractivity contribution in [3.05, 3.63) is 426 Å². The Labute approximate surface area is 806 Å². The molecule has 24 rings (SSSR count). The molecule has 0 unspecified atom stereocenters. The number of aldehydes is 2. The van der Waals surface area contributed by atoms with E-state index in [9.17, 15) is 9.59 Å². The van der Waals surface area contributed by atoms with Crippen molar-refractivity contribution in [3.63, 3.8) is 0 Å². The number of nitrogens with two attached hydrogens (primary N) is 2. The maximum absolute atomic E-state index is 11.2. The summed E-state index contributed by atoms with van der Waals surface area (Å²) < 4.78 is 5.23. The number of nitrogens with zero attached hydrogens (tertiary/aromatic N) is 5. The Morgan fingerprint density at radius 1 is 0.318 bits per heavy atom. The monoisotopic (exact) mass is 1940 g/mol. The smallest absolute Gasteiger partial charge is 0.423 e. The van der Waals surface area contributed by atoms with Crippen LogP contribution in [0.25, 0.3) is 175 Å². The van der Waals surface area contributed by atoms with Crippen LogP contribution in [0.1, 0.15) is 28.1 Å². The number of aromatic nitrogens is 6. The van der Waals surface area contributed by atoms with Gasteiger partial charge >= 0.3 is 7.12 Å². The molecule has 0 saturated heterocycles. The number of imidazole rings is 3. The van der Waals surface area contributed by atoms with Gasteiger partial charge in [-0.2, -0.15) is 0 Å². The Kier molecular flexibility index (Phi) is 27.3. The summed E-state index contributed by atoms with van der Waals surface area (Å²) in [5, 5.41) is 40.4. The average Bonchev–Trinajstić information content (AvgIpc) is 1.49. The molecule has 5 aromatic heterocycles. The summed E-state index contributed by atoms with van der Waals surface area (Å²) in [6.45, 7) is 0. The molecule has 0 saturated carbocycles. The highest BCUT2D eigenvalue weighted by Crippen LogP contribution is 2.46. The zero-order valence-corrected chi connectivity index (χ0v) is 76.6. The van der Waals surface area contributed by atoms with Gasteiger partial charge in [-0.25, -0.2) is 15.0 Å². The number of nitrogen functional groups attached to an aromatic ring is 2. The van der Waals surface area contributed by atoms with E-state index in [1.165, 1.54) is 21.5 Å². The molecule has 0 aliphatic heterocycles. The largest absolute Gasteiger partial charge is 0.489 e. The number of hydrogen-bond donors (Lipinski definition) is 5. The molecule has 5 heterocycles. The molecular formula is C110H74BBrCl8N8O4. The number of hydrogen-bond acceptors (Lipinski definition) is 9. The molecule has 0 atom stereocenters. The van der Waals surface area contributed by atoms with Crippen LogP contribution < -0.4 is 16.9 Å². The summed E-state index contributed by atoms with van der Waals surface area (Å²) >= 11 is 54.4. The van der Waals surface area contributed by atoms with Gasteiger partial charge in [-0.15, -0.1) is 0 Å². The van der Waals surface area contributed by atoms with E-state index < -0.39 is 7.12 Å². The Morgan fingerprint density at radius 3 is 1.15 bits per heavy atom. The lowest BCUT2D eigenvalue weighted by Crippen LogP contribution is -2.30. The minimum Gasteiger partial charge on any atom is -0.423 e. The molecule has 0 aliphatic rings. The van der Waals surface area contributed by atoms with Crippen LogP contribution in [0.15, 0.2) is 375 Å². The summed E-state index contributed by atoms with van der Waals surface area (Å²) in [7, 11) is -1.52. The van der Waals surface area contributed by atoms with E-state index in [0.717, 1.165) is 171 Å². The van der Waals surface area contributed by atoms with Gasteiger partial charge in [-0.1, -0.05) is 391 Å². The number of rotatable bonds is 6. The Morgan fingerprint density at radius 2 is 0.682 bits per heavy atom. The van der Waals surface area contributed by atoms with Gasteiger partial charge in [-0.05, 0) is 127 Å². The lowest BCUT2D eigenvalue weighted by molar-refractivity contribution is 0.111. The van der Waals surface area contributed by atoms with Gasteiger partial charge in [-0.3, -0.25) is 18.4 Å². The van der Waals surface area contributed by atoms with E-state index in [0.29, 0.717) is 68.1 Å². The second-order valence-electron chi connectivity index (χ2n) is 30.5. The number of carbonyl (C=O) groups excluding carboxylic acids is 2. The number of aromatic amines is 1. The molecule has 132 heavy (non-hydrogen) atoms. The van der Waals surface area contributed by atoms with Crippen molar-refractivity contribution < 1.29 is 19.6 Å². The molecule has 0 bridgehead atoms. The maximum Gasteiger partial charge on any atom is 0.489 e. The number of pyridine rings is 2. The van der Waals surface area contributed by atoms with Gasteiger partial charge in [0.1, 0.15) is 17.1 Å². The molecule has 0 fully saturated rings. The number of H-pyrrole nitrogens is 1. The Hall–Kier alpha value is -13.4. The van der Waals surface area contributed by atoms with Crippen molar-refractivity contribution in [3.8, 4) is 33.6 Å². The van der Waals surface area contributed by atoms with Crippen LogP contribution in [0.4, 0.5) is 11.4 Å². The second kappa shape index (κ2) is 39.7. The first-order valence-electron chi connectivity index (χ1n) is 41.3. The summed E-state index contributed by atoms with van der Waals surface area (Å²) in [6.07, 6.45) is 1.56. The fraction of sp³-hybridized carbons (Fsp3) is 0.00909. The number of carbonyl (C=O) groups is 2. The summed E-state index contributed by atoms with van der Waals surface area (Å²) in [4.78, 5) is 39.5. The van der Waals surface area contributed by atoms with Crippen LogP contribution in [0.5, 0.6) is 0 Å². The Bertz CT molecular complexity index is 8330. The molecule has 12 nitrogen and oxygen atoms in total.